The van der Waals surface area contributed by atoms with E-state index in [0.717, 1.165) is 12.6 Å². The summed E-state index contributed by atoms with van der Waals surface area (Å²) < 4.78 is 0. The fraction of sp³-hybridized carbons (Fsp3) is 0.735. The van der Waals surface area contributed by atoms with Crippen LogP contribution in [0.4, 0.5) is 0 Å². The van der Waals surface area contributed by atoms with Crippen molar-refractivity contribution in [2.24, 2.45) is 21.8 Å². The Morgan fingerprint density at radius 3 is 1.50 bits per heavy atom. The lowest BCUT2D eigenvalue weighted by Gasteiger charge is -2.26. The van der Waals surface area contributed by atoms with Crippen LogP contribution in [0.3, 0.4) is 0 Å². The van der Waals surface area contributed by atoms with E-state index in [2.05, 4.69) is 44.2 Å². The zero-order valence-electron chi connectivity index (χ0n) is 23.9. The van der Waals surface area contributed by atoms with Gasteiger partial charge in [-0.15, -0.1) is 0 Å². The number of aliphatic imine (C=N–C) groups is 2. The third kappa shape index (κ3) is 14.2. The van der Waals surface area contributed by atoms with E-state index in [1.165, 1.54) is 134 Å². The summed E-state index contributed by atoms with van der Waals surface area (Å²) in [6.45, 7) is 4.60. The Kier molecular flexibility index (Phi) is 18.3. The summed E-state index contributed by atoms with van der Waals surface area (Å²) in [6, 6.07) is 11.1. The molecule has 1 aliphatic heterocycles. The lowest BCUT2D eigenvalue weighted by atomic mass is 9.78. The summed E-state index contributed by atoms with van der Waals surface area (Å²) in [4.78, 5) is 9.41. The van der Waals surface area contributed by atoms with Crippen molar-refractivity contribution in [3.8, 4) is 0 Å². The Balaban J connectivity index is 1.77. The number of benzene rings is 1. The average molecular weight is 494 g/mol. The van der Waals surface area contributed by atoms with Gasteiger partial charge in [-0.25, -0.2) is 0 Å². The topological polar surface area (TPSA) is 24.7 Å². The van der Waals surface area contributed by atoms with Gasteiger partial charge in [-0.05, 0) is 30.7 Å². The van der Waals surface area contributed by atoms with E-state index in [4.69, 9.17) is 9.98 Å². The molecule has 0 N–H and O–H groups in total. The smallest absolute Gasteiger partial charge is 0.0965 e. The fourth-order valence-electron chi connectivity index (χ4n) is 5.77. The third-order valence-corrected chi connectivity index (χ3v) is 8.02. The van der Waals surface area contributed by atoms with Crippen LogP contribution in [0.5, 0.6) is 0 Å². The molecule has 0 aromatic heterocycles. The van der Waals surface area contributed by atoms with Crippen LogP contribution in [0.1, 0.15) is 148 Å². The summed E-state index contributed by atoms with van der Waals surface area (Å²) in [5.74, 6) is 1.15. The molecule has 1 aromatic rings. The summed E-state index contributed by atoms with van der Waals surface area (Å²) in [7, 11) is 0. The largest absolute Gasteiger partial charge is 0.244 e. The van der Waals surface area contributed by atoms with Gasteiger partial charge in [-0.3, -0.25) is 0 Å². The van der Waals surface area contributed by atoms with Gasteiger partial charge in [0.1, 0.15) is 0 Å². The minimum Gasteiger partial charge on any atom is -0.0965 e. The molecule has 0 fully saturated rings. The predicted molar refractivity (Wildman–Crippen MR) is 161 cm³/mol. The van der Waals surface area contributed by atoms with Gasteiger partial charge in [0.05, 0.1) is 5.92 Å². The molecule has 36 heavy (non-hydrogen) atoms. The molecule has 2 nitrogen and oxygen atoms in total. The number of unbranched alkanes of at least 4 members (excludes halogenated alkanes) is 16. The van der Waals surface area contributed by atoms with Crippen molar-refractivity contribution in [2.45, 2.75) is 149 Å². The first-order chi connectivity index (χ1) is 17.8. The van der Waals surface area contributed by atoms with E-state index in [-0.39, 0.29) is 0 Å². The molecule has 1 heterocycles. The van der Waals surface area contributed by atoms with Gasteiger partial charge >= 0.3 is 0 Å². The SMILES string of the molecule is CCCCCCCCCCCCCCC(Cc1ccccc1)C(CCCCCCCC)[C+]1N=CC=N1. The molecule has 2 atom stereocenters. The maximum atomic E-state index is 4.71. The standard InChI is InChI=1S/C34H57N2/c1-3-5-7-9-11-12-13-14-15-16-17-22-26-32(30-31-24-20-19-21-25-31)33(34-35-28-29-36-34)27-23-18-10-8-6-4-2/h19-21,24-25,28-29,32-33H,3-18,22-23,26-27,30H2,1-2H3/q+1. The van der Waals surface area contributed by atoms with Crippen LogP contribution in [0.15, 0.2) is 40.3 Å². The molecule has 0 saturated carbocycles. The van der Waals surface area contributed by atoms with Crippen molar-refractivity contribution in [1.82, 2.24) is 0 Å². The zero-order chi connectivity index (χ0) is 25.5. The van der Waals surface area contributed by atoms with E-state index < -0.39 is 0 Å². The minimum atomic E-state index is 0.499. The average Bonchev–Trinajstić information content (AvgIpc) is 3.44. The van der Waals surface area contributed by atoms with Crippen LogP contribution in [0.2, 0.25) is 0 Å². The summed E-state index contributed by atoms with van der Waals surface area (Å²) >= 11 is 0. The van der Waals surface area contributed by atoms with Crippen LogP contribution in [0, 0.1) is 18.0 Å². The highest BCUT2D eigenvalue weighted by atomic mass is 15.0. The lowest BCUT2D eigenvalue weighted by molar-refractivity contribution is 0.284. The van der Waals surface area contributed by atoms with E-state index in [1.807, 2.05) is 12.4 Å². The van der Waals surface area contributed by atoms with Crippen molar-refractivity contribution in [3.63, 3.8) is 0 Å². The van der Waals surface area contributed by atoms with E-state index in [9.17, 15) is 0 Å². The van der Waals surface area contributed by atoms with Crippen molar-refractivity contribution in [1.29, 1.82) is 0 Å². The second kappa shape index (κ2) is 21.5. The summed E-state index contributed by atoms with van der Waals surface area (Å²) in [5.41, 5.74) is 1.47. The molecule has 0 radical (unpaired) electrons. The normalized spacial score (nSPS) is 14.6. The molecule has 1 aliphatic rings. The van der Waals surface area contributed by atoms with E-state index in [1.54, 1.807) is 0 Å². The quantitative estimate of drug-likeness (QED) is 0.101. The van der Waals surface area contributed by atoms with Gasteiger partial charge in [0.2, 0.25) is 6.17 Å². The van der Waals surface area contributed by atoms with Crippen molar-refractivity contribution in [3.05, 3.63) is 42.1 Å². The molecule has 0 amide bonds. The Bertz CT molecular complexity index is 653. The Labute approximate surface area is 224 Å². The molecular formula is C34H57N2+. The van der Waals surface area contributed by atoms with Crippen LogP contribution in [-0.4, -0.2) is 12.4 Å². The molecule has 0 aliphatic carbocycles. The third-order valence-electron chi connectivity index (χ3n) is 8.02. The van der Waals surface area contributed by atoms with Crippen LogP contribution in [0.25, 0.3) is 0 Å². The molecule has 0 saturated heterocycles. The van der Waals surface area contributed by atoms with Crippen LogP contribution in [-0.2, 0) is 6.42 Å². The first-order valence-corrected chi connectivity index (χ1v) is 15.8. The van der Waals surface area contributed by atoms with Gasteiger partial charge in [-0.2, -0.15) is 0 Å². The number of rotatable bonds is 24. The maximum absolute atomic E-state index is 4.71. The molecule has 0 spiro atoms. The highest BCUT2D eigenvalue weighted by Crippen LogP contribution is 2.37. The number of hydrogen-bond donors (Lipinski definition) is 0. The number of nitrogens with zero attached hydrogens (tertiary/aromatic N) is 2. The second-order valence-corrected chi connectivity index (χ2v) is 11.2. The van der Waals surface area contributed by atoms with Crippen LogP contribution < -0.4 is 0 Å². The van der Waals surface area contributed by atoms with Crippen molar-refractivity contribution < 1.29 is 0 Å². The molecule has 202 valence electrons. The Hall–Kier alpha value is -1.57. The van der Waals surface area contributed by atoms with Gasteiger partial charge in [-0.1, -0.05) is 170 Å². The molecule has 0 bridgehead atoms. The predicted octanol–water partition coefficient (Wildman–Crippen LogP) is 10.9. The first kappa shape index (κ1) is 30.7. The first-order valence-electron chi connectivity index (χ1n) is 15.8. The molecular weight excluding hydrogens is 436 g/mol. The fourth-order valence-corrected chi connectivity index (χ4v) is 5.77. The van der Waals surface area contributed by atoms with E-state index in [0.29, 0.717) is 11.8 Å². The highest BCUT2D eigenvalue weighted by molar-refractivity contribution is 6.18. The van der Waals surface area contributed by atoms with Gasteiger partial charge in [0.15, 0.2) is 12.4 Å². The highest BCUT2D eigenvalue weighted by Gasteiger charge is 2.35. The molecule has 2 unspecified atom stereocenters. The van der Waals surface area contributed by atoms with E-state index >= 15 is 0 Å². The Morgan fingerprint density at radius 1 is 0.556 bits per heavy atom. The van der Waals surface area contributed by atoms with Crippen LogP contribution >= 0.6 is 0 Å². The van der Waals surface area contributed by atoms with Crippen molar-refractivity contribution >= 4 is 12.4 Å². The van der Waals surface area contributed by atoms with Gasteiger partial charge < -0.3 is 0 Å². The molecule has 2 rings (SSSR count). The second-order valence-electron chi connectivity index (χ2n) is 11.2. The number of hydrogen-bond acceptors (Lipinski definition) is 2. The Morgan fingerprint density at radius 2 is 1.00 bits per heavy atom. The summed E-state index contributed by atoms with van der Waals surface area (Å²) in [6.07, 6.45) is 33.7. The zero-order valence-corrected chi connectivity index (χ0v) is 23.9. The van der Waals surface area contributed by atoms with Gasteiger partial charge in [0, 0.05) is 0 Å². The maximum Gasteiger partial charge on any atom is 0.244 e. The monoisotopic (exact) mass is 493 g/mol. The molecule has 2 heteroatoms. The van der Waals surface area contributed by atoms with Gasteiger partial charge in [0.25, 0.3) is 0 Å². The lowest BCUT2D eigenvalue weighted by Crippen LogP contribution is -2.22. The van der Waals surface area contributed by atoms with Crippen molar-refractivity contribution in [2.75, 3.05) is 0 Å². The summed E-state index contributed by atoms with van der Waals surface area (Å²) in [5, 5.41) is 0. The molecule has 1 aromatic carbocycles. The minimum absolute atomic E-state index is 0.499.